The first kappa shape index (κ1) is 18.5. The van der Waals surface area contributed by atoms with Gasteiger partial charge in [-0.2, -0.15) is 5.26 Å². The van der Waals surface area contributed by atoms with Crippen LogP contribution < -0.4 is 14.4 Å². The molecule has 0 aromatic heterocycles. The third-order valence-corrected chi connectivity index (χ3v) is 4.63. The molecule has 0 atom stereocenters. The van der Waals surface area contributed by atoms with Crippen LogP contribution in [0, 0.1) is 11.3 Å². The van der Waals surface area contributed by atoms with E-state index in [2.05, 4.69) is 11.1 Å². The van der Waals surface area contributed by atoms with E-state index in [4.69, 9.17) is 14.7 Å². The van der Waals surface area contributed by atoms with E-state index in [1.165, 1.54) is 16.7 Å². The summed E-state index contributed by atoms with van der Waals surface area (Å²) in [6.07, 6.45) is 1.72. The zero-order valence-corrected chi connectivity index (χ0v) is 15.7. The molecule has 136 valence electrons. The number of carbonyl (C=O) groups excluding carboxylic acids is 1. The molecule has 6 nitrogen and oxygen atoms in total. The SMILES string of the molecule is COc1ccc(/C=C2\N=C(SCC#N)N(c3cccc(OC)c3)C2=O)cc1. The number of methoxy groups -OCH3 is 2. The van der Waals surface area contributed by atoms with Crippen LogP contribution in [0.15, 0.2) is 59.2 Å². The summed E-state index contributed by atoms with van der Waals surface area (Å²) in [6, 6.07) is 16.6. The summed E-state index contributed by atoms with van der Waals surface area (Å²) in [5, 5.41) is 9.37. The second-order valence-corrected chi connectivity index (χ2v) is 6.43. The van der Waals surface area contributed by atoms with Gasteiger partial charge < -0.3 is 9.47 Å². The number of benzene rings is 2. The van der Waals surface area contributed by atoms with Gasteiger partial charge in [0.1, 0.15) is 17.2 Å². The van der Waals surface area contributed by atoms with Crippen molar-refractivity contribution in [3.05, 3.63) is 59.8 Å². The van der Waals surface area contributed by atoms with Crippen LogP contribution in [0.1, 0.15) is 5.56 Å². The molecule has 0 unspecified atom stereocenters. The van der Waals surface area contributed by atoms with E-state index in [-0.39, 0.29) is 11.7 Å². The number of nitrogens with zero attached hydrogens (tertiary/aromatic N) is 3. The second kappa shape index (κ2) is 8.43. The van der Waals surface area contributed by atoms with Gasteiger partial charge in [0.25, 0.3) is 5.91 Å². The number of nitriles is 1. The fourth-order valence-electron chi connectivity index (χ4n) is 2.53. The first-order chi connectivity index (χ1) is 13.2. The van der Waals surface area contributed by atoms with Crippen molar-refractivity contribution >= 4 is 34.6 Å². The Balaban J connectivity index is 1.96. The number of rotatable bonds is 5. The highest BCUT2D eigenvalue weighted by Gasteiger charge is 2.32. The maximum absolute atomic E-state index is 13.0. The Morgan fingerprint density at radius 1 is 1.15 bits per heavy atom. The van der Waals surface area contributed by atoms with Crippen LogP contribution in [0.3, 0.4) is 0 Å². The predicted molar refractivity (Wildman–Crippen MR) is 107 cm³/mol. The molecule has 2 aromatic rings. The van der Waals surface area contributed by atoms with E-state index in [9.17, 15) is 4.79 Å². The third-order valence-electron chi connectivity index (χ3n) is 3.83. The molecule has 1 aliphatic heterocycles. The highest BCUT2D eigenvalue weighted by Crippen LogP contribution is 2.31. The van der Waals surface area contributed by atoms with Gasteiger partial charge in [-0.05, 0) is 35.9 Å². The van der Waals surface area contributed by atoms with E-state index >= 15 is 0 Å². The van der Waals surface area contributed by atoms with Crippen molar-refractivity contribution in [3.8, 4) is 17.6 Å². The molecule has 0 aliphatic carbocycles. The maximum atomic E-state index is 13.0. The second-order valence-electron chi connectivity index (χ2n) is 5.49. The van der Waals surface area contributed by atoms with E-state index < -0.39 is 0 Å². The van der Waals surface area contributed by atoms with Gasteiger partial charge in [-0.3, -0.25) is 9.69 Å². The summed E-state index contributed by atoms with van der Waals surface area (Å²) < 4.78 is 10.4. The van der Waals surface area contributed by atoms with Crippen LogP contribution in [0.4, 0.5) is 5.69 Å². The summed E-state index contributed by atoms with van der Waals surface area (Å²) in [5.41, 5.74) is 1.78. The lowest BCUT2D eigenvalue weighted by Gasteiger charge is -2.17. The fourth-order valence-corrected chi connectivity index (χ4v) is 3.20. The lowest BCUT2D eigenvalue weighted by atomic mass is 10.2. The van der Waals surface area contributed by atoms with Crippen LogP contribution in [-0.4, -0.2) is 31.0 Å². The van der Waals surface area contributed by atoms with Gasteiger partial charge in [0.2, 0.25) is 0 Å². The van der Waals surface area contributed by atoms with Crippen LogP contribution in [-0.2, 0) is 4.79 Å². The van der Waals surface area contributed by atoms with Gasteiger partial charge in [0.05, 0.1) is 31.7 Å². The predicted octanol–water partition coefficient (Wildman–Crippen LogP) is 3.70. The summed E-state index contributed by atoms with van der Waals surface area (Å²) >= 11 is 1.22. The summed E-state index contributed by atoms with van der Waals surface area (Å²) in [7, 11) is 3.17. The molecule has 0 spiro atoms. The van der Waals surface area contributed by atoms with E-state index in [0.717, 1.165) is 11.3 Å². The minimum atomic E-state index is -0.250. The molecule has 7 heteroatoms. The average Bonchev–Trinajstić information content (AvgIpc) is 3.02. The lowest BCUT2D eigenvalue weighted by Crippen LogP contribution is -2.30. The molecule has 0 saturated carbocycles. The van der Waals surface area contributed by atoms with Gasteiger partial charge in [-0.1, -0.05) is 30.0 Å². The van der Waals surface area contributed by atoms with Gasteiger partial charge in [-0.15, -0.1) is 0 Å². The number of ether oxygens (including phenoxy) is 2. The third kappa shape index (κ3) is 4.13. The van der Waals surface area contributed by atoms with Gasteiger partial charge in [0, 0.05) is 6.07 Å². The number of amides is 1. The molecule has 2 aromatic carbocycles. The standard InChI is InChI=1S/C20H17N3O3S/c1-25-16-8-6-14(7-9-16)12-18-19(24)23(20(22-18)27-11-10-21)15-4-3-5-17(13-15)26-2/h3-9,12-13H,11H2,1-2H3/b18-12-. The Bertz CT molecular complexity index is 946. The number of hydrogen-bond acceptors (Lipinski definition) is 6. The Labute approximate surface area is 161 Å². The van der Waals surface area contributed by atoms with Crippen molar-refractivity contribution in [2.75, 3.05) is 24.9 Å². The number of carbonyl (C=O) groups is 1. The lowest BCUT2D eigenvalue weighted by molar-refractivity contribution is -0.113. The minimum absolute atomic E-state index is 0.197. The zero-order valence-electron chi connectivity index (χ0n) is 14.9. The molecule has 3 rings (SSSR count). The number of anilines is 1. The van der Waals surface area contributed by atoms with Crippen molar-refractivity contribution in [1.29, 1.82) is 5.26 Å². The van der Waals surface area contributed by atoms with Crippen LogP contribution >= 0.6 is 11.8 Å². The van der Waals surface area contributed by atoms with Crippen molar-refractivity contribution < 1.29 is 14.3 Å². The molecule has 0 bridgehead atoms. The molecule has 0 radical (unpaired) electrons. The normalized spacial score (nSPS) is 14.9. The van der Waals surface area contributed by atoms with E-state index in [0.29, 0.717) is 22.3 Å². The van der Waals surface area contributed by atoms with E-state index in [1.54, 1.807) is 44.6 Å². The number of amidine groups is 1. The number of hydrogen-bond donors (Lipinski definition) is 0. The average molecular weight is 379 g/mol. The largest absolute Gasteiger partial charge is 0.497 e. The maximum Gasteiger partial charge on any atom is 0.283 e. The first-order valence-electron chi connectivity index (χ1n) is 8.09. The highest BCUT2D eigenvalue weighted by atomic mass is 32.2. The molecule has 1 heterocycles. The van der Waals surface area contributed by atoms with E-state index in [1.807, 2.05) is 24.3 Å². The Morgan fingerprint density at radius 2 is 1.89 bits per heavy atom. The smallest absolute Gasteiger partial charge is 0.283 e. The molecule has 0 N–H and O–H groups in total. The topological polar surface area (TPSA) is 74.9 Å². The highest BCUT2D eigenvalue weighted by molar-refractivity contribution is 8.14. The summed E-state index contributed by atoms with van der Waals surface area (Å²) in [4.78, 5) is 18.9. The van der Waals surface area contributed by atoms with Gasteiger partial charge in [-0.25, -0.2) is 4.99 Å². The Kier molecular flexibility index (Phi) is 5.79. The fraction of sp³-hybridized carbons (Fsp3) is 0.150. The number of thioether (sulfide) groups is 1. The van der Waals surface area contributed by atoms with Crippen molar-refractivity contribution in [2.24, 2.45) is 4.99 Å². The van der Waals surface area contributed by atoms with Crippen molar-refractivity contribution in [2.45, 2.75) is 0 Å². The molecule has 1 aliphatic rings. The Hall–Kier alpha value is -3.24. The van der Waals surface area contributed by atoms with Gasteiger partial charge in [0.15, 0.2) is 5.17 Å². The monoisotopic (exact) mass is 379 g/mol. The molecular formula is C20H17N3O3S. The molecule has 1 amide bonds. The zero-order chi connectivity index (χ0) is 19.2. The van der Waals surface area contributed by atoms with Crippen LogP contribution in [0.2, 0.25) is 0 Å². The number of aliphatic imine (C=N–C) groups is 1. The first-order valence-corrected chi connectivity index (χ1v) is 9.07. The molecule has 0 saturated heterocycles. The molecule has 0 fully saturated rings. The molecule has 27 heavy (non-hydrogen) atoms. The summed E-state index contributed by atoms with van der Waals surface area (Å²) in [5.74, 6) is 1.32. The summed E-state index contributed by atoms with van der Waals surface area (Å²) in [6.45, 7) is 0. The van der Waals surface area contributed by atoms with Crippen LogP contribution in [0.25, 0.3) is 6.08 Å². The van der Waals surface area contributed by atoms with Crippen molar-refractivity contribution in [3.63, 3.8) is 0 Å². The minimum Gasteiger partial charge on any atom is -0.497 e. The Morgan fingerprint density at radius 3 is 2.56 bits per heavy atom. The van der Waals surface area contributed by atoms with Crippen molar-refractivity contribution in [1.82, 2.24) is 0 Å². The van der Waals surface area contributed by atoms with Crippen LogP contribution in [0.5, 0.6) is 11.5 Å². The quantitative estimate of drug-likeness (QED) is 0.741. The van der Waals surface area contributed by atoms with Gasteiger partial charge >= 0.3 is 0 Å². The molecular weight excluding hydrogens is 362 g/mol.